The van der Waals surface area contributed by atoms with Crippen LogP contribution in [0, 0.1) is 17.2 Å². The van der Waals surface area contributed by atoms with Crippen LogP contribution in [0.25, 0.3) is 0 Å². The predicted octanol–water partition coefficient (Wildman–Crippen LogP) is 1.61. The van der Waals surface area contributed by atoms with Gasteiger partial charge in [0.1, 0.15) is 6.04 Å². The molecule has 15 heavy (non-hydrogen) atoms. The van der Waals surface area contributed by atoms with E-state index in [2.05, 4.69) is 23.2 Å². The summed E-state index contributed by atoms with van der Waals surface area (Å²) in [6.45, 7) is 8.44. The summed E-state index contributed by atoms with van der Waals surface area (Å²) in [4.78, 5) is 2.43. The quantitative estimate of drug-likeness (QED) is 0.722. The molecule has 0 radical (unpaired) electrons. The monoisotopic (exact) mass is 209 g/mol. The van der Waals surface area contributed by atoms with Crippen molar-refractivity contribution < 1.29 is 0 Å². The van der Waals surface area contributed by atoms with E-state index in [0.29, 0.717) is 0 Å². The van der Waals surface area contributed by atoms with Gasteiger partial charge in [-0.1, -0.05) is 20.3 Å². The van der Waals surface area contributed by atoms with Crippen molar-refractivity contribution in [2.75, 3.05) is 26.2 Å². The summed E-state index contributed by atoms with van der Waals surface area (Å²) in [6, 6.07) is 2.33. The van der Waals surface area contributed by atoms with Crippen LogP contribution < -0.4 is 5.32 Å². The second-order valence-electron chi connectivity index (χ2n) is 4.44. The van der Waals surface area contributed by atoms with Crippen molar-refractivity contribution >= 4 is 0 Å². The topological polar surface area (TPSA) is 39.1 Å². The summed E-state index contributed by atoms with van der Waals surface area (Å²) in [5.41, 5.74) is 0. The molecular formula is C12H23N3. The lowest BCUT2D eigenvalue weighted by Crippen LogP contribution is -2.39. The van der Waals surface area contributed by atoms with Crippen molar-refractivity contribution in [3.05, 3.63) is 0 Å². The minimum absolute atomic E-state index is 0.00961. The summed E-state index contributed by atoms with van der Waals surface area (Å²) in [5, 5.41) is 12.2. The SMILES string of the molecule is CCCC1CCN(CC(C#N)NCC)C1. The molecular weight excluding hydrogens is 186 g/mol. The Morgan fingerprint density at radius 3 is 2.93 bits per heavy atom. The fraction of sp³-hybridized carbons (Fsp3) is 0.917. The third-order valence-corrected chi connectivity index (χ3v) is 3.11. The molecule has 0 aromatic carbocycles. The van der Waals surface area contributed by atoms with Gasteiger partial charge in [0.25, 0.3) is 0 Å². The van der Waals surface area contributed by atoms with E-state index in [1.807, 2.05) is 6.92 Å². The van der Waals surface area contributed by atoms with Gasteiger partial charge in [-0.05, 0) is 31.8 Å². The minimum atomic E-state index is 0.00961. The van der Waals surface area contributed by atoms with E-state index in [-0.39, 0.29) is 6.04 Å². The van der Waals surface area contributed by atoms with Gasteiger partial charge in [0, 0.05) is 13.1 Å². The first-order chi connectivity index (χ1) is 7.30. The Hall–Kier alpha value is -0.590. The van der Waals surface area contributed by atoms with Crippen LogP contribution in [0.5, 0.6) is 0 Å². The number of hydrogen-bond acceptors (Lipinski definition) is 3. The average Bonchev–Trinajstić information content (AvgIpc) is 2.66. The predicted molar refractivity (Wildman–Crippen MR) is 62.5 cm³/mol. The Kier molecular flexibility index (Phi) is 5.67. The maximum Gasteiger partial charge on any atom is 0.108 e. The zero-order valence-corrected chi connectivity index (χ0v) is 10.00. The van der Waals surface area contributed by atoms with Crippen LogP contribution in [0.15, 0.2) is 0 Å². The van der Waals surface area contributed by atoms with Gasteiger partial charge in [-0.3, -0.25) is 0 Å². The molecule has 0 bridgehead atoms. The van der Waals surface area contributed by atoms with E-state index in [9.17, 15) is 0 Å². The van der Waals surface area contributed by atoms with E-state index in [0.717, 1.165) is 19.0 Å². The molecule has 0 aliphatic carbocycles. The van der Waals surface area contributed by atoms with E-state index in [1.54, 1.807) is 0 Å². The summed E-state index contributed by atoms with van der Waals surface area (Å²) in [6.07, 6.45) is 3.94. The highest BCUT2D eigenvalue weighted by Gasteiger charge is 2.23. The van der Waals surface area contributed by atoms with E-state index in [1.165, 1.54) is 32.4 Å². The molecule has 0 aromatic heterocycles. The minimum Gasteiger partial charge on any atom is -0.301 e. The highest BCUT2D eigenvalue weighted by Crippen LogP contribution is 2.20. The van der Waals surface area contributed by atoms with Crippen LogP contribution in [0.3, 0.4) is 0 Å². The fourth-order valence-corrected chi connectivity index (χ4v) is 2.38. The van der Waals surface area contributed by atoms with Crippen molar-refractivity contribution in [3.63, 3.8) is 0 Å². The molecule has 1 fully saturated rings. The van der Waals surface area contributed by atoms with Gasteiger partial charge in [-0.2, -0.15) is 5.26 Å². The molecule has 0 aromatic rings. The average molecular weight is 209 g/mol. The zero-order chi connectivity index (χ0) is 11.1. The van der Waals surface area contributed by atoms with E-state index >= 15 is 0 Å². The van der Waals surface area contributed by atoms with Crippen LogP contribution >= 0.6 is 0 Å². The normalized spacial score (nSPS) is 23.9. The van der Waals surface area contributed by atoms with Crippen molar-refractivity contribution in [3.8, 4) is 6.07 Å². The first-order valence-electron chi connectivity index (χ1n) is 6.15. The van der Waals surface area contributed by atoms with Gasteiger partial charge >= 0.3 is 0 Å². The van der Waals surface area contributed by atoms with Gasteiger partial charge < -0.3 is 10.2 Å². The van der Waals surface area contributed by atoms with Crippen molar-refractivity contribution in [1.29, 1.82) is 5.26 Å². The fourth-order valence-electron chi connectivity index (χ4n) is 2.38. The summed E-state index contributed by atoms with van der Waals surface area (Å²) in [5.74, 6) is 0.871. The lowest BCUT2D eigenvalue weighted by Gasteiger charge is -2.19. The maximum atomic E-state index is 8.95. The first kappa shape index (κ1) is 12.5. The Balaban J connectivity index is 2.25. The molecule has 1 aliphatic rings. The molecule has 3 nitrogen and oxygen atoms in total. The van der Waals surface area contributed by atoms with Crippen LogP contribution in [0.1, 0.15) is 33.1 Å². The molecule has 1 saturated heterocycles. The maximum absolute atomic E-state index is 8.95. The highest BCUT2D eigenvalue weighted by molar-refractivity contribution is 4.93. The first-order valence-corrected chi connectivity index (χ1v) is 6.15. The number of likely N-dealkylation sites (tertiary alicyclic amines) is 1. The van der Waals surface area contributed by atoms with Crippen molar-refractivity contribution in [2.45, 2.75) is 39.2 Å². The molecule has 86 valence electrons. The standard InChI is InChI=1S/C12H23N3/c1-3-5-11-6-7-15(9-11)10-12(8-13)14-4-2/h11-12,14H,3-7,9-10H2,1-2H3. The molecule has 1 rings (SSSR count). The molecule has 1 N–H and O–H groups in total. The number of hydrogen-bond donors (Lipinski definition) is 1. The molecule has 1 aliphatic heterocycles. The van der Waals surface area contributed by atoms with Crippen LogP contribution in [-0.2, 0) is 0 Å². The van der Waals surface area contributed by atoms with Crippen molar-refractivity contribution in [1.82, 2.24) is 10.2 Å². The molecule has 3 heteroatoms. The second-order valence-corrected chi connectivity index (χ2v) is 4.44. The third kappa shape index (κ3) is 4.19. The molecule has 0 saturated carbocycles. The highest BCUT2D eigenvalue weighted by atomic mass is 15.2. The Bertz CT molecular complexity index is 209. The zero-order valence-electron chi connectivity index (χ0n) is 10.00. The number of nitriles is 1. The second kappa shape index (κ2) is 6.81. The number of rotatable bonds is 6. The summed E-state index contributed by atoms with van der Waals surface area (Å²) in [7, 11) is 0. The molecule has 2 unspecified atom stereocenters. The van der Waals surface area contributed by atoms with E-state index < -0.39 is 0 Å². The summed E-state index contributed by atoms with van der Waals surface area (Å²) >= 11 is 0. The Morgan fingerprint density at radius 1 is 1.53 bits per heavy atom. The van der Waals surface area contributed by atoms with Gasteiger partial charge in [0.05, 0.1) is 6.07 Å². The Morgan fingerprint density at radius 2 is 2.33 bits per heavy atom. The number of nitrogens with one attached hydrogen (secondary N) is 1. The third-order valence-electron chi connectivity index (χ3n) is 3.11. The molecule has 1 heterocycles. The number of likely N-dealkylation sites (N-methyl/N-ethyl adjacent to an activating group) is 1. The largest absolute Gasteiger partial charge is 0.301 e. The van der Waals surface area contributed by atoms with Gasteiger partial charge in [-0.25, -0.2) is 0 Å². The lowest BCUT2D eigenvalue weighted by atomic mass is 10.0. The van der Waals surface area contributed by atoms with Crippen LogP contribution in [-0.4, -0.2) is 37.1 Å². The van der Waals surface area contributed by atoms with Gasteiger partial charge in [0.15, 0.2) is 0 Å². The van der Waals surface area contributed by atoms with Crippen LogP contribution in [0.4, 0.5) is 0 Å². The van der Waals surface area contributed by atoms with E-state index in [4.69, 9.17) is 5.26 Å². The molecule has 0 amide bonds. The lowest BCUT2D eigenvalue weighted by molar-refractivity contribution is 0.300. The van der Waals surface area contributed by atoms with Gasteiger partial charge in [0.2, 0.25) is 0 Å². The Labute approximate surface area is 93.5 Å². The van der Waals surface area contributed by atoms with Crippen LogP contribution in [0.2, 0.25) is 0 Å². The van der Waals surface area contributed by atoms with Crippen molar-refractivity contribution in [2.24, 2.45) is 5.92 Å². The number of nitrogens with zero attached hydrogens (tertiary/aromatic N) is 2. The summed E-state index contributed by atoms with van der Waals surface area (Å²) < 4.78 is 0. The molecule has 0 spiro atoms. The molecule has 2 atom stereocenters. The smallest absolute Gasteiger partial charge is 0.108 e. The van der Waals surface area contributed by atoms with Gasteiger partial charge in [-0.15, -0.1) is 0 Å².